The van der Waals surface area contributed by atoms with E-state index in [-0.39, 0.29) is 11.7 Å². The van der Waals surface area contributed by atoms with Gasteiger partial charge in [-0.1, -0.05) is 16.8 Å². The second kappa shape index (κ2) is 6.47. The Morgan fingerprint density at radius 1 is 1.18 bits per heavy atom. The standard InChI is InChI=1S/C22H24N2O4/c1-14-6-7-18-16(12-14)17(25)13-22(27-18)8-10-24(11-9-22)21(26)20-15-4-2-3-5-19(15)28-23-20/h6-7,12H,2-5,8-11,13H2,1H3. The van der Waals surface area contributed by atoms with Crippen LogP contribution in [-0.2, 0) is 12.8 Å². The van der Waals surface area contributed by atoms with Crippen molar-refractivity contribution in [3.8, 4) is 5.75 Å². The molecule has 1 aliphatic carbocycles. The lowest BCUT2D eigenvalue weighted by molar-refractivity contribution is -0.00595. The van der Waals surface area contributed by atoms with E-state index in [1.165, 1.54) is 0 Å². The number of carbonyl (C=O) groups excluding carboxylic acids is 2. The molecule has 6 nitrogen and oxygen atoms in total. The Balaban J connectivity index is 1.31. The molecule has 0 N–H and O–H groups in total. The number of piperidine rings is 1. The number of rotatable bonds is 1. The SMILES string of the molecule is Cc1ccc2c(c1)C(=O)CC1(CCN(C(=O)c3noc4c3CCCC4)CC1)O2. The van der Waals surface area contributed by atoms with Gasteiger partial charge >= 0.3 is 0 Å². The molecular formula is C22H24N2O4. The first-order valence-electron chi connectivity index (χ1n) is 10.1. The van der Waals surface area contributed by atoms with Gasteiger partial charge in [-0.25, -0.2) is 0 Å². The molecular weight excluding hydrogens is 356 g/mol. The van der Waals surface area contributed by atoms with Crippen LogP contribution in [0.2, 0.25) is 0 Å². The molecule has 1 saturated heterocycles. The first kappa shape index (κ1) is 17.5. The van der Waals surface area contributed by atoms with Gasteiger partial charge in [0.15, 0.2) is 11.5 Å². The molecule has 1 fully saturated rings. The summed E-state index contributed by atoms with van der Waals surface area (Å²) in [5.74, 6) is 1.62. The zero-order chi connectivity index (χ0) is 19.3. The molecule has 3 aliphatic rings. The highest BCUT2D eigenvalue weighted by Gasteiger charge is 2.44. The number of benzene rings is 1. The second-order valence-electron chi connectivity index (χ2n) is 8.32. The number of hydrogen-bond donors (Lipinski definition) is 0. The van der Waals surface area contributed by atoms with E-state index in [0.29, 0.717) is 49.4 Å². The van der Waals surface area contributed by atoms with Crippen LogP contribution in [0, 0.1) is 6.92 Å². The molecule has 0 radical (unpaired) electrons. The zero-order valence-corrected chi connectivity index (χ0v) is 16.1. The summed E-state index contributed by atoms with van der Waals surface area (Å²) in [5, 5.41) is 4.08. The van der Waals surface area contributed by atoms with Crippen molar-refractivity contribution in [1.82, 2.24) is 10.1 Å². The molecule has 1 aromatic heterocycles. The minimum Gasteiger partial charge on any atom is -0.486 e. The fourth-order valence-electron chi connectivity index (χ4n) is 4.71. The third kappa shape index (κ3) is 2.82. The Bertz CT molecular complexity index is 953. The highest BCUT2D eigenvalue weighted by Crippen LogP contribution is 2.40. The van der Waals surface area contributed by atoms with E-state index in [1.807, 2.05) is 30.0 Å². The monoisotopic (exact) mass is 380 g/mol. The van der Waals surface area contributed by atoms with Gasteiger partial charge in [0, 0.05) is 37.9 Å². The molecule has 146 valence electrons. The van der Waals surface area contributed by atoms with Crippen LogP contribution in [-0.4, -0.2) is 40.4 Å². The number of amides is 1. The molecule has 0 unspecified atom stereocenters. The lowest BCUT2D eigenvalue weighted by Gasteiger charge is -2.43. The van der Waals surface area contributed by atoms with E-state index in [1.54, 1.807) is 0 Å². The maximum Gasteiger partial charge on any atom is 0.276 e. The summed E-state index contributed by atoms with van der Waals surface area (Å²) in [7, 11) is 0. The Kier molecular flexibility index (Phi) is 4.03. The number of nitrogens with zero attached hydrogens (tertiary/aromatic N) is 2. The fraction of sp³-hybridized carbons (Fsp3) is 0.500. The summed E-state index contributed by atoms with van der Waals surface area (Å²) in [5.41, 5.74) is 2.71. The Labute approximate surface area is 163 Å². The Hall–Kier alpha value is -2.63. The maximum absolute atomic E-state index is 13.0. The van der Waals surface area contributed by atoms with Gasteiger partial charge < -0.3 is 14.2 Å². The molecule has 0 atom stereocenters. The van der Waals surface area contributed by atoms with E-state index in [0.717, 1.165) is 42.6 Å². The number of ether oxygens (including phenoxy) is 1. The van der Waals surface area contributed by atoms with Crippen LogP contribution in [0.4, 0.5) is 0 Å². The molecule has 6 heteroatoms. The third-order valence-electron chi connectivity index (χ3n) is 6.36. The van der Waals surface area contributed by atoms with Crippen molar-refractivity contribution in [2.45, 2.75) is 57.5 Å². The van der Waals surface area contributed by atoms with Crippen LogP contribution < -0.4 is 4.74 Å². The number of hydrogen-bond acceptors (Lipinski definition) is 5. The second-order valence-corrected chi connectivity index (χ2v) is 8.32. The van der Waals surface area contributed by atoms with Gasteiger partial charge in [0.2, 0.25) is 0 Å². The van der Waals surface area contributed by atoms with Gasteiger partial charge in [-0.3, -0.25) is 9.59 Å². The average Bonchev–Trinajstić information content (AvgIpc) is 3.13. The molecule has 1 aromatic carbocycles. The highest BCUT2D eigenvalue weighted by atomic mass is 16.5. The van der Waals surface area contributed by atoms with Crippen molar-refractivity contribution in [3.05, 3.63) is 46.3 Å². The van der Waals surface area contributed by atoms with Crippen LogP contribution in [0.1, 0.15) is 69.8 Å². The Morgan fingerprint density at radius 3 is 2.79 bits per heavy atom. The van der Waals surface area contributed by atoms with E-state index < -0.39 is 5.60 Å². The zero-order valence-electron chi connectivity index (χ0n) is 16.1. The number of aromatic nitrogens is 1. The molecule has 3 heterocycles. The number of likely N-dealkylation sites (tertiary alicyclic amines) is 1. The van der Waals surface area contributed by atoms with Gasteiger partial charge in [0.05, 0.1) is 12.0 Å². The minimum absolute atomic E-state index is 0.0556. The van der Waals surface area contributed by atoms with E-state index in [9.17, 15) is 9.59 Å². The van der Waals surface area contributed by atoms with Crippen LogP contribution in [0.25, 0.3) is 0 Å². The van der Waals surface area contributed by atoms with Crippen LogP contribution in [0.3, 0.4) is 0 Å². The van der Waals surface area contributed by atoms with Gasteiger partial charge in [0.1, 0.15) is 17.1 Å². The van der Waals surface area contributed by atoms with E-state index in [2.05, 4.69) is 5.16 Å². The first-order chi connectivity index (χ1) is 13.5. The molecule has 1 amide bonds. The molecule has 0 saturated carbocycles. The number of fused-ring (bicyclic) bond motifs is 2. The summed E-state index contributed by atoms with van der Waals surface area (Å²) in [6.45, 7) is 3.11. The van der Waals surface area contributed by atoms with Crippen molar-refractivity contribution in [3.63, 3.8) is 0 Å². The quantitative estimate of drug-likeness (QED) is 0.757. The Morgan fingerprint density at radius 2 is 1.96 bits per heavy atom. The molecule has 28 heavy (non-hydrogen) atoms. The number of ketones is 1. The average molecular weight is 380 g/mol. The summed E-state index contributed by atoms with van der Waals surface area (Å²) in [6, 6.07) is 5.76. The number of Topliss-reactive ketones (excluding diaryl/α,β-unsaturated/α-hetero) is 1. The van der Waals surface area contributed by atoms with Gasteiger partial charge in [-0.15, -0.1) is 0 Å². The normalized spacial score (nSPS) is 20.5. The molecule has 2 aromatic rings. The van der Waals surface area contributed by atoms with Gasteiger partial charge in [0.25, 0.3) is 5.91 Å². The minimum atomic E-state index is -0.501. The number of carbonyl (C=O) groups is 2. The van der Waals surface area contributed by atoms with Crippen molar-refractivity contribution < 1.29 is 18.8 Å². The lowest BCUT2D eigenvalue weighted by atomic mass is 9.82. The van der Waals surface area contributed by atoms with Crippen molar-refractivity contribution in [1.29, 1.82) is 0 Å². The van der Waals surface area contributed by atoms with Crippen molar-refractivity contribution in [2.24, 2.45) is 0 Å². The van der Waals surface area contributed by atoms with Crippen molar-refractivity contribution >= 4 is 11.7 Å². The van der Waals surface area contributed by atoms with Gasteiger partial charge in [-0.05, 0) is 38.3 Å². The molecule has 2 aliphatic heterocycles. The predicted octanol–water partition coefficient (Wildman–Crippen LogP) is 3.50. The molecule has 0 bridgehead atoms. The molecule has 5 rings (SSSR count). The summed E-state index contributed by atoms with van der Waals surface area (Å²) in [4.78, 5) is 27.5. The topological polar surface area (TPSA) is 72.6 Å². The summed E-state index contributed by atoms with van der Waals surface area (Å²) >= 11 is 0. The lowest BCUT2D eigenvalue weighted by Crippen LogP contribution is -2.52. The smallest absolute Gasteiger partial charge is 0.276 e. The largest absolute Gasteiger partial charge is 0.486 e. The summed E-state index contributed by atoms with van der Waals surface area (Å²) < 4.78 is 11.7. The van der Waals surface area contributed by atoms with Gasteiger partial charge in [-0.2, -0.15) is 0 Å². The maximum atomic E-state index is 13.0. The fourth-order valence-corrected chi connectivity index (χ4v) is 4.71. The third-order valence-corrected chi connectivity index (χ3v) is 6.36. The van der Waals surface area contributed by atoms with Crippen LogP contribution in [0.5, 0.6) is 5.75 Å². The van der Waals surface area contributed by atoms with Crippen LogP contribution >= 0.6 is 0 Å². The number of aryl methyl sites for hydroxylation is 2. The van der Waals surface area contributed by atoms with E-state index >= 15 is 0 Å². The first-order valence-corrected chi connectivity index (χ1v) is 10.1. The highest BCUT2D eigenvalue weighted by molar-refractivity contribution is 6.00. The van der Waals surface area contributed by atoms with Crippen LogP contribution in [0.15, 0.2) is 22.7 Å². The van der Waals surface area contributed by atoms with E-state index in [4.69, 9.17) is 9.26 Å². The van der Waals surface area contributed by atoms with Crippen molar-refractivity contribution in [2.75, 3.05) is 13.1 Å². The molecule has 1 spiro atoms. The summed E-state index contributed by atoms with van der Waals surface area (Å²) in [6.07, 6.45) is 5.58. The predicted molar refractivity (Wildman–Crippen MR) is 102 cm³/mol.